The number of amides is 1. The zero-order chi connectivity index (χ0) is 21.0. The Kier molecular flexibility index (Phi) is 4.88. The van der Waals surface area contributed by atoms with Crippen LogP contribution in [0.2, 0.25) is 5.02 Å². The quantitative estimate of drug-likeness (QED) is 0.799. The maximum atomic E-state index is 13.2. The summed E-state index contributed by atoms with van der Waals surface area (Å²) in [6, 6.07) is 10.1. The number of aliphatic hydroxyl groups excluding tert-OH is 1. The lowest BCUT2D eigenvalue weighted by molar-refractivity contribution is -0.139. The Hall–Kier alpha value is -2.09. The summed E-state index contributed by atoms with van der Waals surface area (Å²) in [6.45, 7) is 4.02. The maximum absolute atomic E-state index is 13.2. The van der Waals surface area contributed by atoms with E-state index in [0.717, 1.165) is 0 Å². The normalized spacial score (nSPS) is 23.6. The fourth-order valence-corrected chi connectivity index (χ4v) is 5.81. The second kappa shape index (κ2) is 7.00. The van der Waals surface area contributed by atoms with Crippen molar-refractivity contribution in [1.29, 1.82) is 0 Å². The molecule has 1 saturated heterocycles. The summed E-state index contributed by atoms with van der Waals surface area (Å²) in [5, 5.41) is 11.1. The number of nitrogens with zero attached hydrogens (tertiary/aromatic N) is 1. The fourth-order valence-electron chi connectivity index (χ4n) is 4.00. The highest BCUT2D eigenvalue weighted by Gasteiger charge is 2.47. The Morgan fingerprint density at radius 2 is 1.93 bits per heavy atom. The number of aliphatic hydroxyl groups is 1. The molecule has 4 rings (SSSR count). The van der Waals surface area contributed by atoms with E-state index in [-0.39, 0.29) is 20.7 Å². The Morgan fingerprint density at radius 3 is 2.59 bits per heavy atom. The highest BCUT2D eigenvalue weighted by Crippen LogP contribution is 2.45. The van der Waals surface area contributed by atoms with E-state index >= 15 is 0 Å². The number of sulfone groups is 1. The van der Waals surface area contributed by atoms with Crippen LogP contribution in [0.5, 0.6) is 5.75 Å². The molecular weight excluding hydrogens is 414 g/mol. The zero-order valence-corrected chi connectivity index (χ0v) is 17.7. The van der Waals surface area contributed by atoms with Gasteiger partial charge in [0.1, 0.15) is 17.5 Å². The summed E-state index contributed by atoms with van der Waals surface area (Å²) < 4.78 is 32.3. The first kappa shape index (κ1) is 20.2. The van der Waals surface area contributed by atoms with Crippen LogP contribution in [-0.2, 0) is 14.6 Å². The molecule has 1 fully saturated rings. The molecule has 2 aliphatic heterocycles. The van der Waals surface area contributed by atoms with Crippen LogP contribution >= 0.6 is 11.6 Å². The molecule has 1 N–H and O–H groups in total. The van der Waals surface area contributed by atoms with Crippen molar-refractivity contribution in [2.24, 2.45) is 0 Å². The van der Waals surface area contributed by atoms with E-state index in [0.29, 0.717) is 30.7 Å². The Morgan fingerprint density at radius 1 is 1.21 bits per heavy atom. The minimum Gasteiger partial charge on any atom is -0.485 e. The number of ether oxygens (including phenoxy) is 1. The number of likely N-dealkylation sites (tertiary alicyclic amines) is 1. The lowest BCUT2D eigenvalue weighted by atomic mass is 9.85. The highest BCUT2D eigenvalue weighted by molar-refractivity contribution is 7.91. The summed E-state index contributed by atoms with van der Waals surface area (Å²) in [4.78, 5) is 14.1. The summed E-state index contributed by atoms with van der Waals surface area (Å²) >= 11 is 6.12. The number of hydrogen-bond acceptors (Lipinski definition) is 5. The average Bonchev–Trinajstić information content (AvgIpc) is 3.08. The van der Waals surface area contributed by atoms with Gasteiger partial charge >= 0.3 is 0 Å². The Balaban J connectivity index is 1.86. The molecule has 0 radical (unpaired) electrons. The molecule has 0 aromatic heterocycles. The standard InChI is InChI=1S/C21H22ClNO5S/c1-21(2)20(25)19(23-11-5-8-18(23)24)14-12-13(9-10-16(14)28-21)29(26,27)17-7-4-3-6-15(17)22/h3-4,6-7,9-10,12,19-20,25H,5,8,11H2,1-2H3. The molecule has 0 saturated carbocycles. The topological polar surface area (TPSA) is 83.9 Å². The molecule has 2 atom stereocenters. The first-order valence-corrected chi connectivity index (χ1v) is 11.3. The lowest BCUT2D eigenvalue weighted by Crippen LogP contribution is -2.53. The molecule has 2 heterocycles. The maximum Gasteiger partial charge on any atom is 0.223 e. The van der Waals surface area contributed by atoms with Gasteiger partial charge in [-0.1, -0.05) is 23.7 Å². The molecule has 2 aliphatic rings. The number of benzene rings is 2. The predicted octanol–water partition coefficient (Wildman–Crippen LogP) is 3.37. The van der Waals surface area contributed by atoms with Crippen LogP contribution in [0.1, 0.15) is 38.3 Å². The van der Waals surface area contributed by atoms with Gasteiger partial charge in [-0.3, -0.25) is 4.79 Å². The molecule has 2 aromatic rings. The van der Waals surface area contributed by atoms with Crippen LogP contribution in [0.15, 0.2) is 52.3 Å². The summed E-state index contributed by atoms with van der Waals surface area (Å²) in [6.07, 6.45) is 0.114. The molecule has 2 unspecified atom stereocenters. The number of halogens is 1. The molecule has 0 bridgehead atoms. The first-order chi connectivity index (χ1) is 13.6. The zero-order valence-electron chi connectivity index (χ0n) is 16.1. The van der Waals surface area contributed by atoms with Crippen LogP contribution in [0.3, 0.4) is 0 Å². The number of carbonyl (C=O) groups excluding carboxylic acids is 1. The van der Waals surface area contributed by atoms with E-state index in [2.05, 4.69) is 0 Å². The third-order valence-corrected chi connectivity index (χ3v) is 7.82. The van der Waals surface area contributed by atoms with Crippen LogP contribution in [-0.4, -0.2) is 42.6 Å². The van der Waals surface area contributed by atoms with E-state index in [4.69, 9.17) is 16.3 Å². The van der Waals surface area contributed by atoms with Crippen LogP contribution in [0, 0.1) is 0 Å². The van der Waals surface area contributed by atoms with Gasteiger partial charge in [0.25, 0.3) is 0 Å². The van der Waals surface area contributed by atoms with Gasteiger partial charge in [-0.15, -0.1) is 0 Å². The van der Waals surface area contributed by atoms with Crippen molar-refractivity contribution in [3.05, 3.63) is 53.1 Å². The minimum absolute atomic E-state index is 0.00743. The molecule has 8 heteroatoms. The van der Waals surface area contributed by atoms with Gasteiger partial charge < -0.3 is 14.7 Å². The monoisotopic (exact) mass is 435 g/mol. The molecular formula is C21H22ClNO5S. The summed E-state index contributed by atoms with van der Waals surface area (Å²) in [7, 11) is -3.88. The largest absolute Gasteiger partial charge is 0.485 e. The highest BCUT2D eigenvalue weighted by atomic mass is 35.5. The minimum atomic E-state index is -3.88. The van der Waals surface area contributed by atoms with Crippen molar-refractivity contribution >= 4 is 27.3 Å². The second-order valence-electron chi connectivity index (χ2n) is 7.92. The van der Waals surface area contributed by atoms with Crippen molar-refractivity contribution in [1.82, 2.24) is 4.90 Å². The lowest BCUT2D eigenvalue weighted by Gasteiger charge is -2.45. The summed E-state index contributed by atoms with van der Waals surface area (Å²) in [5.41, 5.74) is -0.441. The number of carbonyl (C=O) groups is 1. The fraction of sp³-hybridized carbons (Fsp3) is 0.381. The average molecular weight is 436 g/mol. The molecule has 2 aromatic carbocycles. The van der Waals surface area contributed by atoms with Gasteiger partial charge in [0.15, 0.2) is 0 Å². The molecule has 29 heavy (non-hydrogen) atoms. The first-order valence-electron chi connectivity index (χ1n) is 9.43. The van der Waals surface area contributed by atoms with Gasteiger partial charge in [-0.2, -0.15) is 0 Å². The van der Waals surface area contributed by atoms with Crippen LogP contribution < -0.4 is 4.74 Å². The van der Waals surface area contributed by atoms with E-state index in [1.54, 1.807) is 36.9 Å². The SMILES string of the molecule is CC1(C)Oc2ccc(S(=O)(=O)c3ccccc3Cl)cc2C(N2CCCC2=O)C1O. The van der Waals surface area contributed by atoms with E-state index in [1.165, 1.54) is 24.3 Å². The van der Waals surface area contributed by atoms with E-state index < -0.39 is 27.6 Å². The summed E-state index contributed by atoms with van der Waals surface area (Å²) in [5.74, 6) is 0.403. The number of fused-ring (bicyclic) bond motifs is 1. The molecule has 0 aliphatic carbocycles. The van der Waals surface area contributed by atoms with Crippen molar-refractivity contribution < 1.29 is 23.1 Å². The number of rotatable bonds is 3. The molecule has 6 nitrogen and oxygen atoms in total. The molecule has 154 valence electrons. The molecule has 1 amide bonds. The Labute approximate surface area is 175 Å². The van der Waals surface area contributed by atoms with Crippen LogP contribution in [0.4, 0.5) is 0 Å². The van der Waals surface area contributed by atoms with E-state index in [1.807, 2.05) is 0 Å². The van der Waals surface area contributed by atoms with Gasteiger partial charge in [0.2, 0.25) is 15.7 Å². The molecule has 0 spiro atoms. The van der Waals surface area contributed by atoms with Gasteiger partial charge in [-0.25, -0.2) is 8.42 Å². The van der Waals surface area contributed by atoms with Gasteiger partial charge in [0, 0.05) is 18.5 Å². The predicted molar refractivity (Wildman–Crippen MR) is 108 cm³/mol. The number of hydrogen-bond donors (Lipinski definition) is 1. The van der Waals surface area contributed by atoms with E-state index in [9.17, 15) is 18.3 Å². The van der Waals surface area contributed by atoms with Crippen molar-refractivity contribution in [2.75, 3.05) is 6.54 Å². The van der Waals surface area contributed by atoms with Gasteiger partial charge in [-0.05, 0) is 50.6 Å². The Bertz CT molecular complexity index is 1080. The third kappa shape index (κ3) is 3.31. The van der Waals surface area contributed by atoms with Crippen molar-refractivity contribution in [3.8, 4) is 5.75 Å². The smallest absolute Gasteiger partial charge is 0.223 e. The second-order valence-corrected chi connectivity index (χ2v) is 10.2. The van der Waals surface area contributed by atoms with Crippen molar-refractivity contribution in [2.45, 2.75) is 54.2 Å². The van der Waals surface area contributed by atoms with Gasteiger partial charge in [0.05, 0.1) is 20.9 Å². The van der Waals surface area contributed by atoms with Crippen LogP contribution in [0.25, 0.3) is 0 Å². The third-order valence-electron chi connectivity index (χ3n) is 5.57. The van der Waals surface area contributed by atoms with Crippen molar-refractivity contribution in [3.63, 3.8) is 0 Å².